The van der Waals surface area contributed by atoms with Crippen LogP contribution in [0.15, 0.2) is 18.2 Å². The van der Waals surface area contributed by atoms with Gasteiger partial charge < -0.3 is 14.5 Å². The van der Waals surface area contributed by atoms with Gasteiger partial charge in [-0.05, 0) is 45.4 Å². The van der Waals surface area contributed by atoms with E-state index in [1.54, 1.807) is 23.3 Å². The molecule has 0 spiro atoms. The number of aryl methyl sites for hydroxylation is 4. The van der Waals surface area contributed by atoms with Crippen LogP contribution in [0.5, 0.6) is 5.75 Å². The number of rotatable bonds is 4. The first-order valence-corrected chi connectivity index (χ1v) is 10.7. The highest BCUT2D eigenvalue weighted by Gasteiger charge is 2.25. The minimum absolute atomic E-state index is 0.864. The minimum atomic E-state index is 0.864. The Labute approximate surface area is 171 Å². The number of piperazine rings is 1. The smallest absolute Gasteiger partial charge is 0.141 e. The van der Waals surface area contributed by atoms with Gasteiger partial charge >= 0.3 is 0 Å². The highest BCUT2D eigenvalue weighted by atomic mass is 32.1. The molecule has 0 aliphatic carbocycles. The molecule has 0 bridgehead atoms. The van der Waals surface area contributed by atoms with Crippen LogP contribution in [0.4, 0.5) is 5.82 Å². The molecule has 1 aliphatic heterocycles. The Morgan fingerprint density at radius 2 is 1.86 bits per heavy atom. The predicted octanol–water partition coefficient (Wildman–Crippen LogP) is 2.84. The Morgan fingerprint density at radius 1 is 1.11 bits per heavy atom. The van der Waals surface area contributed by atoms with Crippen molar-refractivity contribution in [3.05, 3.63) is 45.6 Å². The fourth-order valence-corrected chi connectivity index (χ4v) is 5.16. The van der Waals surface area contributed by atoms with E-state index in [1.807, 2.05) is 6.92 Å². The van der Waals surface area contributed by atoms with Crippen molar-refractivity contribution in [3.8, 4) is 5.75 Å². The Morgan fingerprint density at radius 3 is 2.57 bits per heavy atom. The quantitative estimate of drug-likeness (QED) is 0.735. The van der Waals surface area contributed by atoms with Crippen molar-refractivity contribution in [3.63, 3.8) is 0 Å². The standard InChI is InChI=1S/C22H28N4OS/c1-14-6-7-19(27-5)18(12-14)13-25-8-10-26(11-9-25)21-20-15(2)16(3)28-22(20)24-17(4)23-21/h6-7,12H,8-11,13H2,1-5H3/p+1. The molecular formula is C22H29N4OS+. The van der Waals surface area contributed by atoms with Crippen LogP contribution in [0.3, 0.4) is 0 Å². The SMILES string of the molecule is COc1ccc(C)cc1C[NH+]1CCN(c2nc(C)nc3sc(C)c(C)c23)CC1. The van der Waals surface area contributed by atoms with E-state index in [9.17, 15) is 0 Å². The van der Waals surface area contributed by atoms with Gasteiger partial charge in [0, 0.05) is 10.4 Å². The van der Waals surface area contributed by atoms with Gasteiger partial charge in [0.1, 0.15) is 28.8 Å². The maximum absolute atomic E-state index is 5.57. The largest absolute Gasteiger partial charge is 0.496 e. The van der Waals surface area contributed by atoms with Crippen molar-refractivity contribution < 1.29 is 9.64 Å². The van der Waals surface area contributed by atoms with Crippen LogP contribution in [-0.2, 0) is 6.54 Å². The van der Waals surface area contributed by atoms with E-state index in [2.05, 4.69) is 48.9 Å². The van der Waals surface area contributed by atoms with Crippen LogP contribution in [-0.4, -0.2) is 43.3 Å². The van der Waals surface area contributed by atoms with Crippen LogP contribution >= 0.6 is 11.3 Å². The fourth-order valence-electron chi connectivity index (χ4n) is 4.09. The van der Waals surface area contributed by atoms with Crippen molar-refractivity contribution in [1.82, 2.24) is 9.97 Å². The van der Waals surface area contributed by atoms with Gasteiger partial charge in [-0.1, -0.05) is 11.6 Å². The average molecular weight is 398 g/mol. The Kier molecular flexibility index (Phi) is 5.25. The molecule has 4 rings (SSSR count). The van der Waals surface area contributed by atoms with Gasteiger partial charge in [-0.2, -0.15) is 0 Å². The second-order valence-electron chi connectivity index (χ2n) is 7.79. The van der Waals surface area contributed by atoms with Gasteiger partial charge in [0.2, 0.25) is 0 Å². The molecule has 1 aromatic carbocycles. The van der Waals surface area contributed by atoms with Crippen LogP contribution in [0.1, 0.15) is 27.4 Å². The van der Waals surface area contributed by atoms with Crippen molar-refractivity contribution in [2.45, 2.75) is 34.2 Å². The number of methoxy groups -OCH3 is 1. The van der Waals surface area contributed by atoms with Gasteiger partial charge in [0.25, 0.3) is 0 Å². The number of aromatic nitrogens is 2. The van der Waals surface area contributed by atoms with Crippen molar-refractivity contribution in [2.24, 2.45) is 0 Å². The monoisotopic (exact) mass is 397 g/mol. The zero-order chi connectivity index (χ0) is 19.8. The fraction of sp³-hybridized carbons (Fsp3) is 0.455. The topological polar surface area (TPSA) is 42.7 Å². The normalized spacial score (nSPS) is 15.4. The van der Waals surface area contributed by atoms with Crippen molar-refractivity contribution in [1.29, 1.82) is 0 Å². The molecule has 3 heterocycles. The van der Waals surface area contributed by atoms with Crippen molar-refractivity contribution in [2.75, 3.05) is 38.2 Å². The summed E-state index contributed by atoms with van der Waals surface area (Å²) in [5, 5.41) is 1.25. The number of nitrogens with zero attached hydrogens (tertiary/aromatic N) is 3. The zero-order valence-electron chi connectivity index (χ0n) is 17.4. The molecule has 0 amide bonds. The highest BCUT2D eigenvalue weighted by Crippen LogP contribution is 2.34. The summed E-state index contributed by atoms with van der Waals surface area (Å²) < 4.78 is 5.57. The predicted molar refractivity (Wildman–Crippen MR) is 116 cm³/mol. The molecular weight excluding hydrogens is 368 g/mol. The van der Waals surface area contributed by atoms with Gasteiger partial charge in [-0.3, -0.25) is 0 Å². The molecule has 28 heavy (non-hydrogen) atoms. The molecule has 0 atom stereocenters. The van der Waals surface area contributed by atoms with E-state index in [-0.39, 0.29) is 0 Å². The van der Waals surface area contributed by atoms with Crippen LogP contribution in [0.25, 0.3) is 10.2 Å². The van der Waals surface area contributed by atoms with E-state index in [4.69, 9.17) is 9.72 Å². The summed E-state index contributed by atoms with van der Waals surface area (Å²) >= 11 is 1.78. The molecule has 6 heteroatoms. The lowest BCUT2D eigenvalue weighted by atomic mass is 10.1. The summed E-state index contributed by atoms with van der Waals surface area (Å²) in [6, 6.07) is 6.46. The molecule has 0 radical (unpaired) electrons. The number of hydrogen-bond acceptors (Lipinski definition) is 5. The average Bonchev–Trinajstić information content (AvgIpc) is 2.95. The lowest BCUT2D eigenvalue weighted by molar-refractivity contribution is -0.914. The van der Waals surface area contributed by atoms with E-state index in [1.165, 1.54) is 27.0 Å². The first-order chi connectivity index (χ1) is 13.5. The molecule has 0 saturated carbocycles. The first-order valence-electron chi connectivity index (χ1n) is 9.92. The first kappa shape index (κ1) is 19.2. The second-order valence-corrected chi connectivity index (χ2v) is 8.99. The maximum atomic E-state index is 5.57. The molecule has 2 aromatic heterocycles. The Balaban J connectivity index is 1.52. The summed E-state index contributed by atoms with van der Waals surface area (Å²) in [7, 11) is 1.76. The van der Waals surface area contributed by atoms with Gasteiger partial charge in [-0.15, -0.1) is 11.3 Å². The summed E-state index contributed by atoms with van der Waals surface area (Å²) in [6.07, 6.45) is 0. The lowest BCUT2D eigenvalue weighted by Gasteiger charge is -2.33. The van der Waals surface area contributed by atoms with E-state index < -0.39 is 0 Å². The van der Waals surface area contributed by atoms with Gasteiger partial charge in [-0.25, -0.2) is 9.97 Å². The summed E-state index contributed by atoms with van der Waals surface area (Å²) in [4.78, 5) is 16.0. The molecule has 1 aliphatic rings. The number of hydrogen-bond donors (Lipinski definition) is 1. The minimum Gasteiger partial charge on any atom is -0.496 e. The molecule has 1 fully saturated rings. The van der Waals surface area contributed by atoms with E-state index in [0.717, 1.165) is 54.9 Å². The Bertz CT molecular complexity index is 1010. The van der Waals surface area contributed by atoms with Crippen LogP contribution in [0, 0.1) is 27.7 Å². The molecule has 1 N–H and O–H groups in total. The van der Waals surface area contributed by atoms with Crippen molar-refractivity contribution >= 4 is 27.4 Å². The third-order valence-electron chi connectivity index (χ3n) is 5.77. The number of benzene rings is 1. The molecule has 148 valence electrons. The molecule has 0 unspecified atom stereocenters. The molecule has 5 nitrogen and oxygen atoms in total. The zero-order valence-corrected chi connectivity index (χ0v) is 18.2. The molecule has 1 saturated heterocycles. The Hall–Kier alpha value is -2.18. The lowest BCUT2D eigenvalue weighted by Crippen LogP contribution is -3.13. The number of quaternary nitrogens is 1. The maximum Gasteiger partial charge on any atom is 0.141 e. The third-order valence-corrected chi connectivity index (χ3v) is 6.87. The van der Waals surface area contributed by atoms with Crippen LogP contribution < -0.4 is 14.5 Å². The van der Waals surface area contributed by atoms with Gasteiger partial charge in [0.15, 0.2) is 0 Å². The van der Waals surface area contributed by atoms with Gasteiger partial charge in [0.05, 0.1) is 38.7 Å². The molecule has 3 aromatic rings. The highest BCUT2D eigenvalue weighted by molar-refractivity contribution is 7.18. The number of nitrogens with one attached hydrogen (secondary N) is 1. The third kappa shape index (κ3) is 3.59. The number of fused-ring (bicyclic) bond motifs is 1. The summed E-state index contributed by atoms with van der Waals surface area (Å²) in [5.41, 5.74) is 3.92. The number of ether oxygens (including phenoxy) is 1. The number of anilines is 1. The second kappa shape index (κ2) is 7.68. The van der Waals surface area contributed by atoms with E-state index >= 15 is 0 Å². The summed E-state index contributed by atoms with van der Waals surface area (Å²) in [6.45, 7) is 13.8. The van der Waals surface area contributed by atoms with Crippen LogP contribution in [0.2, 0.25) is 0 Å². The number of thiophene rings is 1. The summed E-state index contributed by atoms with van der Waals surface area (Å²) in [5.74, 6) is 2.98. The van der Waals surface area contributed by atoms with E-state index in [0.29, 0.717) is 0 Å².